The summed E-state index contributed by atoms with van der Waals surface area (Å²) in [4.78, 5) is 4.42. The summed E-state index contributed by atoms with van der Waals surface area (Å²) in [7, 11) is 0. The highest BCUT2D eigenvalue weighted by atomic mass is 16.5. The molecular weight excluding hydrogens is 176 g/mol. The van der Waals surface area contributed by atoms with Gasteiger partial charge in [-0.15, -0.1) is 0 Å². The molecule has 1 aromatic rings. The third kappa shape index (κ3) is 1.87. The SMILES string of the molecule is Cc1cnc(C2CCOCC2)c(N)c1. The minimum Gasteiger partial charge on any atom is -0.397 e. The maximum absolute atomic E-state index is 5.95. The molecule has 14 heavy (non-hydrogen) atoms. The van der Waals surface area contributed by atoms with Gasteiger partial charge in [0.2, 0.25) is 0 Å². The van der Waals surface area contributed by atoms with Crippen molar-refractivity contribution in [1.82, 2.24) is 4.98 Å². The number of aryl methyl sites for hydroxylation is 1. The van der Waals surface area contributed by atoms with Crippen molar-refractivity contribution in [1.29, 1.82) is 0 Å². The van der Waals surface area contributed by atoms with Gasteiger partial charge in [-0.05, 0) is 31.4 Å². The number of nitrogen functional groups attached to an aromatic ring is 1. The summed E-state index contributed by atoms with van der Waals surface area (Å²) < 4.78 is 5.32. The van der Waals surface area contributed by atoms with E-state index >= 15 is 0 Å². The first-order valence-electron chi connectivity index (χ1n) is 5.07. The lowest BCUT2D eigenvalue weighted by atomic mass is 9.94. The molecule has 0 bridgehead atoms. The number of rotatable bonds is 1. The van der Waals surface area contributed by atoms with Gasteiger partial charge in [-0.25, -0.2) is 0 Å². The Bertz CT molecular complexity index is 319. The molecule has 0 saturated carbocycles. The predicted molar refractivity (Wildman–Crippen MR) is 56.2 cm³/mol. The van der Waals surface area contributed by atoms with E-state index in [0.29, 0.717) is 5.92 Å². The lowest BCUT2D eigenvalue weighted by Crippen LogP contribution is -2.16. The normalized spacial score (nSPS) is 18.4. The van der Waals surface area contributed by atoms with E-state index < -0.39 is 0 Å². The number of pyridine rings is 1. The molecule has 1 aromatic heterocycles. The fourth-order valence-electron chi connectivity index (χ4n) is 1.91. The average Bonchev–Trinajstić information content (AvgIpc) is 2.19. The average molecular weight is 192 g/mol. The van der Waals surface area contributed by atoms with Crippen molar-refractivity contribution in [2.24, 2.45) is 0 Å². The van der Waals surface area contributed by atoms with Crippen molar-refractivity contribution in [2.75, 3.05) is 18.9 Å². The molecule has 0 spiro atoms. The molecule has 3 heteroatoms. The summed E-state index contributed by atoms with van der Waals surface area (Å²) in [6.07, 6.45) is 3.97. The molecule has 0 amide bonds. The first kappa shape index (κ1) is 9.46. The van der Waals surface area contributed by atoms with Crippen LogP contribution in [0.5, 0.6) is 0 Å². The van der Waals surface area contributed by atoms with Gasteiger partial charge >= 0.3 is 0 Å². The van der Waals surface area contributed by atoms with E-state index in [-0.39, 0.29) is 0 Å². The second-order valence-electron chi connectivity index (χ2n) is 3.87. The molecule has 0 unspecified atom stereocenters. The number of hydrogen-bond acceptors (Lipinski definition) is 3. The molecule has 0 aromatic carbocycles. The monoisotopic (exact) mass is 192 g/mol. The van der Waals surface area contributed by atoms with Crippen LogP contribution in [0.25, 0.3) is 0 Å². The van der Waals surface area contributed by atoms with Crippen molar-refractivity contribution in [3.63, 3.8) is 0 Å². The van der Waals surface area contributed by atoms with Crippen LogP contribution in [0.3, 0.4) is 0 Å². The number of aromatic nitrogens is 1. The number of nitrogens with two attached hydrogens (primary N) is 1. The topological polar surface area (TPSA) is 48.1 Å². The molecular formula is C11H16N2O. The van der Waals surface area contributed by atoms with Crippen LogP contribution in [-0.2, 0) is 4.74 Å². The van der Waals surface area contributed by atoms with E-state index in [0.717, 1.165) is 43.0 Å². The summed E-state index contributed by atoms with van der Waals surface area (Å²) in [5.74, 6) is 0.490. The van der Waals surface area contributed by atoms with Crippen molar-refractivity contribution < 1.29 is 4.74 Å². The summed E-state index contributed by atoms with van der Waals surface area (Å²) in [5, 5.41) is 0. The highest BCUT2D eigenvalue weighted by Crippen LogP contribution is 2.29. The molecule has 0 aliphatic carbocycles. The van der Waals surface area contributed by atoms with Crippen LogP contribution in [0.2, 0.25) is 0 Å². The van der Waals surface area contributed by atoms with Gasteiger partial charge in [0.15, 0.2) is 0 Å². The van der Waals surface area contributed by atoms with Crippen LogP contribution < -0.4 is 5.73 Å². The van der Waals surface area contributed by atoms with Crippen molar-refractivity contribution in [2.45, 2.75) is 25.7 Å². The number of hydrogen-bond donors (Lipinski definition) is 1. The van der Waals surface area contributed by atoms with E-state index in [1.807, 2.05) is 19.2 Å². The van der Waals surface area contributed by atoms with Gasteiger partial charge < -0.3 is 10.5 Å². The Kier molecular flexibility index (Phi) is 2.68. The Morgan fingerprint density at radius 2 is 2.14 bits per heavy atom. The second-order valence-corrected chi connectivity index (χ2v) is 3.87. The molecule has 0 radical (unpaired) electrons. The molecule has 76 valence electrons. The maximum atomic E-state index is 5.95. The highest BCUT2D eigenvalue weighted by molar-refractivity contribution is 5.46. The first-order valence-corrected chi connectivity index (χ1v) is 5.07. The molecule has 1 fully saturated rings. The Balaban J connectivity index is 2.22. The third-order valence-electron chi connectivity index (χ3n) is 2.69. The summed E-state index contributed by atoms with van der Waals surface area (Å²) in [5.41, 5.74) is 8.96. The van der Waals surface area contributed by atoms with Gasteiger partial charge in [0, 0.05) is 25.3 Å². The zero-order valence-corrected chi connectivity index (χ0v) is 8.49. The summed E-state index contributed by atoms with van der Waals surface area (Å²) in [6.45, 7) is 3.68. The Hall–Kier alpha value is -1.09. The lowest BCUT2D eigenvalue weighted by Gasteiger charge is -2.22. The van der Waals surface area contributed by atoms with Crippen LogP contribution in [0, 0.1) is 6.92 Å². The molecule has 2 N–H and O–H groups in total. The third-order valence-corrected chi connectivity index (χ3v) is 2.69. The molecule has 2 heterocycles. The molecule has 0 atom stereocenters. The second kappa shape index (κ2) is 3.96. The van der Waals surface area contributed by atoms with Crippen LogP contribution in [0.15, 0.2) is 12.3 Å². The quantitative estimate of drug-likeness (QED) is 0.739. The van der Waals surface area contributed by atoms with E-state index in [9.17, 15) is 0 Å². The Labute approximate surface area is 84.3 Å². The smallest absolute Gasteiger partial charge is 0.0665 e. The Morgan fingerprint density at radius 1 is 1.43 bits per heavy atom. The minimum atomic E-state index is 0.490. The fraction of sp³-hybridized carbons (Fsp3) is 0.545. The predicted octanol–water partition coefficient (Wildman–Crippen LogP) is 1.87. The van der Waals surface area contributed by atoms with Gasteiger partial charge in [-0.2, -0.15) is 0 Å². The fourth-order valence-corrected chi connectivity index (χ4v) is 1.91. The molecule has 1 aliphatic heterocycles. The largest absolute Gasteiger partial charge is 0.397 e. The molecule has 1 aliphatic rings. The first-order chi connectivity index (χ1) is 6.77. The minimum absolute atomic E-state index is 0.490. The van der Waals surface area contributed by atoms with Gasteiger partial charge in [0.05, 0.1) is 11.4 Å². The van der Waals surface area contributed by atoms with E-state index in [1.165, 1.54) is 0 Å². The molecule has 1 saturated heterocycles. The van der Waals surface area contributed by atoms with Crippen molar-refractivity contribution >= 4 is 5.69 Å². The van der Waals surface area contributed by atoms with Gasteiger partial charge in [0.25, 0.3) is 0 Å². The van der Waals surface area contributed by atoms with Crippen molar-refractivity contribution in [3.8, 4) is 0 Å². The van der Waals surface area contributed by atoms with E-state index in [1.54, 1.807) is 0 Å². The standard InChI is InChI=1S/C11H16N2O/c1-8-6-10(12)11(13-7-8)9-2-4-14-5-3-9/h6-7,9H,2-5,12H2,1H3. The number of nitrogens with zero attached hydrogens (tertiary/aromatic N) is 1. The lowest BCUT2D eigenvalue weighted by molar-refractivity contribution is 0.0846. The maximum Gasteiger partial charge on any atom is 0.0665 e. The van der Waals surface area contributed by atoms with Crippen molar-refractivity contribution in [3.05, 3.63) is 23.5 Å². The zero-order valence-electron chi connectivity index (χ0n) is 8.49. The number of anilines is 1. The zero-order chi connectivity index (χ0) is 9.97. The van der Waals surface area contributed by atoms with Gasteiger partial charge in [0.1, 0.15) is 0 Å². The van der Waals surface area contributed by atoms with Gasteiger partial charge in [-0.3, -0.25) is 4.98 Å². The van der Waals surface area contributed by atoms with Gasteiger partial charge in [-0.1, -0.05) is 0 Å². The van der Waals surface area contributed by atoms with E-state index in [2.05, 4.69) is 4.98 Å². The molecule has 2 rings (SSSR count). The van der Waals surface area contributed by atoms with Crippen LogP contribution in [0.1, 0.15) is 30.0 Å². The highest BCUT2D eigenvalue weighted by Gasteiger charge is 2.19. The molecule has 3 nitrogen and oxygen atoms in total. The Morgan fingerprint density at radius 3 is 2.79 bits per heavy atom. The summed E-state index contributed by atoms with van der Waals surface area (Å²) >= 11 is 0. The summed E-state index contributed by atoms with van der Waals surface area (Å²) in [6, 6.07) is 2.00. The van der Waals surface area contributed by atoms with Crippen LogP contribution in [-0.4, -0.2) is 18.2 Å². The van der Waals surface area contributed by atoms with Crippen LogP contribution in [0.4, 0.5) is 5.69 Å². The number of ether oxygens (including phenoxy) is 1. The van der Waals surface area contributed by atoms with E-state index in [4.69, 9.17) is 10.5 Å². The van der Waals surface area contributed by atoms with Crippen LogP contribution >= 0.6 is 0 Å².